The summed E-state index contributed by atoms with van der Waals surface area (Å²) in [6, 6.07) is 6.05. The number of amides is 1. The van der Waals surface area contributed by atoms with E-state index >= 15 is 0 Å². The second-order valence-electron chi connectivity index (χ2n) is 6.62. The van der Waals surface area contributed by atoms with Gasteiger partial charge in [0.25, 0.3) is 5.91 Å². The van der Waals surface area contributed by atoms with Gasteiger partial charge in [0, 0.05) is 30.3 Å². The van der Waals surface area contributed by atoms with E-state index in [2.05, 4.69) is 10.3 Å². The van der Waals surface area contributed by atoms with Crippen LogP contribution in [-0.4, -0.2) is 29.6 Å². The Balaban J connectivity index is 1.79. The average Bonchev–Trinajstić information content (AvgIpc) is 2.54. The Hall–Kier alpha value is -2.01. The van der Waals surface area contributed by atoms with Crippen molar-refractivity contribution in [3.63, 3.8) is 0 Å². The van der Waals surface area contributed by atoms with E-state index in [0.717, 1.165) is 26.1 Å². The normalized spacial score (nSPS) is 16.5. The van der Waals surface area contributed by atoms with Crippen molar-refractivity contribution in [1.82, 2.24) is 10.3 Å². The molecule has 1 fully saturated rings. The van der Waals surface area contributed by atoms with Crippen molar-refractivity contribution in [1.29, 1.82) is 0 Å². The molecule has 1 N–H and O–H groups in total. The zero-order valence-electron chi connectivity index (χ0n) is 13.4. The van der Waals surface area contributed by atoms with Crippen LogP contribution in [0.15, 0.2) is 30.5 Å². The number of benzene rings is 1. The van der Waals surface area contributed by atoms with Crippen LogP contribution in [0, 0.1) is 11.7 Å². The molecule has 0 spiro atoms. The summed E-state index contributed by atoms with van der Waals surface area (Å²) >= 11 is 0. The first kappa shape index (κ1) is 15.9. The number of rotatable bonds is 3. The number of halogens is 1. The maximum Gasteiger partial charge on any atom is 0.253 e. The van der Waals surface area contributed by atoms with Gasteiger partial charge in [-0.2, -0.15) is 0 Å². The first-order chi connectivity index (χ1) is 11.0. The van der Waals surface area contributed by atoms with Crippen LogP contribution in [0.5, 0.6) is 0 Å². The predicted octanol–water partition coefficient (Wildman–Crippen LogP) is 3.31. The van der Waals surface area contributed by atoms with Gasteiger partial charge in [0.05, 0.1) is 11.1 Å². The van der Waals surface area contributed by atoms with E-state index in [9.17, 15) is 9.18 Å². The number of aromatic nitrogens is 1. The van der Waals surface area contributed by atoms with Gasteiger partial charge in [-0.05, 0) is 56.9 Å². The second kappa shape index (κ2) is 6.24. The molecule has 1 amide bonds. The van der Waals surface area contributed by atoms with Crippen LogP contribution in [0.2, 0.25) is 0 Å². The maximum absolute atomic E-state index is 13.3. The lowest BCUT2D eigenvalue weighted by atomic mass is 9.81. The van der Waals surface area contributed by atoms with E-state index in [4.69, 9.17) is 4.74 Å². The van der Waals surface area contributed by atoms with Crippen LogP contribution >= 0.6 is 0 Å². The number of carbonyl (C=O) groups is 1. The molecule has 0 radical (unpaired) electrons. The zero-order valence-corrected chi connectivity index (χ0v) is 13.4. The average molecular weight is 316 g/mol. The van der Waals surface area contributed by atoms with Gasteiger partial charge >= 0.3 is 0 Å². The van der Waals surface area contributed by atoms with Crippen LogP contribution in [0.3, 0.4) is 0 Å². The fraction of sp³-hybridized carbons (Fsp3) is 0.444. The molecule has 0 atom stereocenters. The first-order valence-corrected chi connectivity index (χ1v) is 7.91. The molecule has 1 aliphatic rings. The highest BCUT2D eigenvalue weighted by molar-refractivity contribution is 5.97. The van der Waals surface area contributed by atoms with Crippen molar-refractivity contribution in [3.8, 4) is 0 Å². The highest BCUT2D eigenvalue weighted by atomic mass is 19.1. The molecule has 23 heavy (non-hydrogen) atoms. The number of fused-ring (bicyclic) bond motifs is 1. The molecule has 2 aromatic rings. The number of nitrogens with one attached hydrogen (secondary N) is 1. The van der Waals surface area contributed by atoms with Gasteiger partial charge in [-0.1, -0.05) is 0 Å². The number of nitrogens with zero attached hydrogens (tertiary/aromatic N) is 1. The number of pyridine rings is 1. The third kappa shape index (κ3) is 3.50. The summed E-state index contributed by atoms with van der Waals surface area (Å²) < 4.78 is 18.7. The summed E-state index contributed by atoms with van der Waals surface area (Å²) in [4.78, 5) is 16.8. The van der Waals surface area contributed by atoms with Gasteiger partial charge in [-0.3, -0.25) is 9.78 Å². The third-order valence-corrected chi connectivity index (χ3v) is 4.58. The summed E-state index contributed by atoms with van der Waals surface area (Å²) in [5, 5.41) is 3.72. The Morgan fingerprint density at radius 2 is 2.04 bits per heavy atom. The van der Waals surface area contributed by atoms with Crippen molar-refractivity contribution in [2.24, 2.45) is 5.92 Å². The molecule has 0 aliphatic carbocycles. The van der Waals surface area contributed by atoms with Crippen molar-refractivity contribution < 1.29 is 13.9 Å². The lowest BCUT2D eigenvalue weighted by Gasteiger charge is -2.37. The number of carbonyl (C=O) groups excluding carboxylic acids is 1. The molecule has 1 aromatic heterocycles. The molecule has 1 aromatic carbocycles. The van der Waals surface area contributed by atoms with Crippen LogP contribution in [0.25, 0.3) is 10.9 Å². The number of ether oxygens (including phenoxy) is 1. The standard InChI is InChI=1S/C18H21FN2O2/c1-18(2,14-5-7-23-8-6-14)21-17(22)13-9-12-10-15(19)3-4-16(12)20-11-13/h3-4,9-11,14H,5-8H2,1-2H3,(H,21,22). The lowest BCUT2D eigenvalue weighted by molar-refractivity contribution is 0.0355. The molecule has 1 saturated heterocycles. The van der Waals surface area contributed by atoms with Crippen molar-refractivity contribution >= 4 is 16.8 Å². The molecule has 0 saturated carbocycles. The Morgan fingerprint density at radius 1 is 1.30 bits per heavy atom. The third-order valence-electron chi connectivity index (χ3n) is 4.58. The van der Waals surface area contributed by atoms with Crippen LogP contribution < -0.4 is 5.32 Å². The minimum absolute atomic E-state index is 0.180. The molecule has 0 unspecified atom stereocenters. The monoisotopic (exact) mass is 316 g/mol. The Labute approximate surface area is 135 Å². The molecule has 2 heterocycles. The van der Waals surface area contributed by atoms with Crippen molar-refractivity contribution in [3.05, 3.63) is 41.8 Å². The van der Waals surface area contributed by atoms with Crippen LogP contribution in [0.4, 0.5) is 4.39 Å². The van der Waals surface area contributed by atoms with Gasteiger partial charge in [0.15, 0.2) is 0 Å². The van der Waals surface area contributed by atoms with Crippen LogP contribution in [-0.2, 0) is 4.74 Å². The molecule has 1 aliphatic heterocycles. The predicted molar refractivity (Wildman–Crippen MR) is 86.8 cm³/mol. The van der Waals surface area contributed by atoms with Gasteiger partial charge in [-0.25, -0.2) is 4.39 Å². The summed E-state index contributed by atoms with van der Waals surface area (Å²) in [7, 11) is 0. The molecular formula is C18H21FN2O2. The minimum atomic E-state index is -0.334. The Kier molecular flexibility index (Phi) is 4.31. The van der Waals surface area contributed by atoms with Gasteiger partial charge < -0.3 is 10.1 Å². The molecular weight excluding hydrogens is 295 g/mol. The SMILES string of the molecule is CC(C)(NC(=O)c1cnc2ccc(F)cc2c1)C1CCOCC1. The van der Waals surface area contributed by atoms with E-state index in [1.54, 1.807) is 12.1 Å². The van der Waals surface area contributed by atoms with Gasteiger partial charge in [0.1, 0.15) is 5.82 Å². The topological polar surface area (TPSA) is 51.2 Å². The van der Waals surface area contributed by atoms with Crippen molar-refractivity contribution in [2.75, 3.05) is 13.2 Å². The Morgan fingerprint density at radius 3 is 2.78 bits per heavy atom. The number of hydrogen-bond donors (Lipinski definition) is 1. The summed E-state index contributed by atoms with van der Waals surface area (Å²) in [5.74, 6) is -0.134. The molecule has 4 nitrogen and oxygen atoms in total. The van der Waals surface area contributed by atoms with E-state index < -0.39 is 0 Å². The highest BCUT2D eigenvalue weighted by Gasteiger charge is 2.32. The quantitative estimate of drug-likeness (QED) is 0.945. The minimum Gasteiger partial charge on any atom is -0.381 e. The van der Waals surface area contributed by atoms with Crippen molar-refractivity contribution in [2.45, 2.75) is 32.2 Å². The maximum atomic E-state index is 13.3. The van der Waals surface area contributed by atoms with Crippen LogP contribution in [0.1, 0.15) is 37.0 Å². The summed E-state index contributed by atoms with van der Waals surface area (Å²) in [5.41, 5.74) is 0.799. The number of hydrogen-bond acceptors (Lipinski definition) is 3. The van der Waals surface area contributed by atoms with E-state index in [0.29, 0.717) is 22.4 Å². The largest absolute Gasteiger partial charge is 0.381 e. The summed E-state index contributed by atoms with van der Waals surface area (Å²) in [6.45, 7) is 5.55. The van der Waals surface area contributed by atoms with E-state index in [1.807, 2.05) is 13.8 Å². The first-order valence-electron chi connectivity index (χ1n) is 7.91. The zero-order chi connectivity index (χ0) is 16.4. The molecule has 3 rings (SSSR count). The second-order valence-corrected chi connectivity index (χ2v) is 6.62. The summed E-state index contributed by atoms with van der Waals surface area (Å²) in [6.07, 6.45) is 3.42. The molecule has 5 heteroatoms. The Bertz CT molecular complexity index is 724. The lowest BCUT2D eigenvalue weighted by Crippen LogP contribution is -2.50. The van der Waals surface area contributed by atoms with E-state index in [-0.39, 0.29) is 17.3 Å². The molecule has 122 valence electrons. The van der Waals surface area contributed by atoms with Gasteiger partial charge in [0.2, 0.25) is 0 Å². The molecule has 0 bridgehead atoms. The van der Waals surface area contributed by atoms with Gasteiger partial charge in [-0.15, -0.1) is 0 Å². The fourth-order valence-corrected chi connectivity index (χ4v) is 3.11. The highest BCUT2D eigenvalue weighted by Crippen LogP contribution is 2.27. The smallest absolute Gasteiger partial charge is 0.253 e. The fourth-order valence-electron chi connectivity index (χ4n) is 3.11. The van der Waals surface area contributed by atoms with E-state index in [1.165, 1.54) is 18.3 Å².